The first kappa shape index (κ1) is 15.0. The van der Waals surface area contributed by atoms with Crippen LogP contribution in [0.3, 0.4) is 0 Å². The van der Waals surface area contributed by atoms with Crippen molar-refractivity contribution in [1.29, 1.82) is 0 Å². The Morgan fingerprint density at radius 3 is 2.55 bits per heavy atom. The van der Waals surface area contributed by atoms with E-state index < -0.39 is 15.3 Å². The monoisotopic (exact) mass is 296 g/mol. The Labute approximate surface area is 119 Å². The lowest BCUT2D eigenvalue weighted by atomic mass is 10.2. The molecule has 20 heavy (non-hydrogen) atoms. The largest absolute Gasteiger partial charge is 0.464 e. The molecule has 0 spiro atoms. The summed E-state index contributed by atoms with van der Waals surface area (Å²) in [5, 5.41) is 0.408. The number of fused-ring (bicyclic) bond motifs is 1. The molecule has 5 nitrogen and oxygen atoms in total. The quantitative estimate of drug-likeness (QED) is 0.851. The molecule has 0 atom stereocenters. The Balaban J connectivity index is 2.41. The van der Waals surface area contributed by atoms with Gasteiger partial charge in [-0.3, -0.25) is 4.98 Å². The summed E-state index contributed by atoms with van der Waals surface area (Å²) in [6.45, 7) is 7.38. The molecule has 0 N–H and O–H groups in total. The number of furan rings is 1. The average Bonchev–Trinajstić information content (AvgIpc) is 2.83. The van der Waals surface area contributed by atoms with Gasteiger partial charge in [0.15, 0.2) is 0 Å². The number of hydrogen-bond donors (Lipinski definition) is 0. The summed E-state index contributed by atoms with van der Waals surface area (Å²) in [6, 6.07) is 3.47. The third-order valence-electron chi connectivity index (χ3n) is 3.27. The molecule has 0 aromatic carbocycles. The van der Waals surface area contributed by atoms with Gasteiger partial charge in [-0.05, 0) is 39.8 Å². The van der Waals surface area contributed by atoms with Gasteiger partial charge >= 0.3 is 0 Å². The van der Waals surface area contributed by atoms with Crippen LogP contribution in [0.1, 0.15) is 33.4 Å². The minimum absolute atomic E-state index is 0.119. The molecule has 2 rings (SSSR count). The van der Waals surface area contributed by atoms with Crippen LogP contribution >= 0.6 is 0 Å². The number of aromatic nitrogens is 1. The Morgan fingerprint density at radius 2 is 1.95 bits per heavy atom. The summed E-state index contributed by atoms with van der Waals surface area (Å²) in [5.74, 6) is 0. The smallest absolute Gasteiger partial charge is 0.217 e. The summed E-state index contributed by atoms with van der Waals surface area (Å²) >= 11 is 0. The maximum absolute atomic E-state index is 12.4. The van der Waals surface area contributed by atoms with Crippen LogP contribution in [-0.4, -0.2) is 29.0 Å². The van der Waals surface area contributed by atoms with Gasteiger partial charge in [0, 0.05) is 17.6 Å². The van der Waals surface area contributed by atoms with E-state index in [4.69, 9.17) is 4.42 Å². The topological polar surface area (TPSA) is 63.4 Å². The predicted molar refractivity (Wildman–Crippen MR) is 78.7 cm³/mol. The van der Waals surface area contributed by atoms with Gasteiger partial charge < -0.3 is 4.42 Å². The molecule has 0 radical (unpaired) electrons. The van der Waals surface area contributed by atoms with E-state index in [1.807, 2.05) is 19.9 Å². The lowest BCUT2D eigenvalue weighted by molar-refractivity contribution is 0.342. The standard InChI is InChI=1S/C14H20N2O3S/c1-10(2)16(20(17,18)11(3)4)9-13-12-6-8-19-14(12)5-7-15-13/h5-8,10-11H,9H2,1-4H3. The van der Waals surface area contributed by atoms with Gasteiger partial charge in [0.05, 0.1) is 23.8 Å². The molecule has 0 saturated carbocycles. The van der Waals surface area contributed by atoms with Crippen molar-refractivity contribution in [2.45, 2.75) is 45.5 Å². The average molecular weight is 296 g/mol. The van der Waals surface area contributed by atoms with Crippen LogP contribution in [0.2, 0.25) is 0 Å². The zero-order chi connectivity index (χ0) is 14.9. The van der Waals surface area contributed by atoms with Gasteiger partial charge in [-0.2, -0.15) is 4.31 Å². The Morgan fingerprint density at radius 1 is 1.25 bits per heavy atom. The molecule has 2 aromatic heterocycles. The third-order valence-corrected chi connectivity index (χ3v) is 5.66. The molecule has 0 aliphatic carbocycles. The number of nitrogens with zero attached hydrogens (tertiary/aromatic N) is 2. The molecule has 2 heterocycles. The van der Waals surface area contributed by atoms with E-state index in [-0.39, 0.29) is 12.6 Å². The molecule has 0 fully saturated rings. The van der Waals surface area contributed by atoms with E-state index in [9.17, 15) is 8.42 Å². The second-order valence-corrected chi connectivity index (χ2v) is 7.76. The first-order chi connectivity index (χ1) is 9.34. The molecular formula is C14H20N2O3S. The SMILES string of the molecule is CC(C)N(Cc1nccc2occc12)S(=O)(=O)C(C)C. The van der Waals surface area contributed by atoms with Crippen LogP contribution in [0.15, 0.2) is 29.0 Å². The highest BCUT2D eigenvalue weighted by atomic mass is 32.2. The lowest BCUT2D eigenvalue weighted by Crippen LogP contribution is -2.40. The molecule has 0 unspecified atom stereocenters. The zero-order valence-electron chi connectivity index (χ0n) is 12.2. The van der Waals surface area contributed by atoms with Crippen molar-refractivity contribution in [2.24, 2.45) is 0 Å². The van der Waals surface area contributed by atoms with Crippen LogP contribution in [-0.2, 0) is 16.6 Å². The number of sulfonamides is 1. The maximum atomic E-state index is 12.4. The Kier molecular flexibility index (Phi) is 4.15. The molecule has 0 amide bonds. The van der Waals surface area contributed by atoms with Crippen molar-refractivity contribution in [3.8, 4) is 0 Å². The van der Waals surface area contributed by atoms with Gasteiger partial charge in [0.1, 0.15) is 5.58 Å². The van der Waals surface area contributed by atoms with Crippen LogP contribution in [0, 0.1) is 0 Å². The minimum Gasteiger partial charge on any atom is -0.464 e. The fourth-order valence-electron chi connectivity index (χ4n) is 2.06. The molecule has 0 aliphatic heterocycles. The van der Waals surface area contributed by atoms with Crippen molar-refractivity contribution < 1.29 is 12.8 Å². The molecule has 110 valence electrons. The molecule has 0 saturated heterocycles. The summed E-state index contributed by atoms with van der Waals surface area (Å²) in [7, 11) is -3.33. The number of rotatable bonds is 5. The highest BCUT2D eigenvalue weighted by molar-refractivity contribution is 7.89. The van der Waals surface area contributed by atoms with Crippen molar-refractivity contribution in [3.63, 3.8) is 0 Å². The molecule has 0 bridgehead atoms. The van der Waals surface area contributed by atoms with Gasteiger partial charge in [0.2, 0.25) is 10.0 Å². The van der Waals surface area contributed by atoms with E-state index in [2.05, 4.69) is 4.98 Å². The molecular weight excluding hydrogens is 276 g/mol. The zero-order valence-corrected chi connectivity index (χ0v) is 13.0. The molecule has 6 heteroatoms. The Hall–Kier alpha value is -1.40. The van der Waals surface area contributed by atoms with Crippen LogP contribution in [0.25, 0.3) is 11.0 Å². The van der Waals surface area contributed by atoms with E-state index in [0.717, 1.165) is 11.0 Å². The van der Waals surface area contributed by atoms with Gasteiger partial charge in [0.25, 0.3) is 0 Å². The Bertz CT molecular complexity index is 689. The van der Waals surface area contributed by atoms with Crippen molar-refractivity contribution in [3.05, 3.63) is 30.3 Å². The van der Waals surface area contributed by atoms with E-state index in [1.54, 1.807) is 32.4 Å². The first-order valence-electron chi connectivity index (χ1n) is 6.65. The fraction of sp³-hybridized carbons (Fsp3) is 0.500. The first-order valence-corrected chi connectivity index (χ1v) is 8.16. The fourth-order valence-corrected chi connectivity index (χ4v) is 3.50. The highest BCUT2D eigenvalue weighted by Gasteiger charge is 2.29. The third kappa shape index (κ3) is 2.71. The summed E-state index contributed by atoms with van der Waals surface area (Å²) in [5.41, 5.74) is 1.44. The van der Waals surface area contributed by atoms with Crippen LogP contribution in [0.5, 0.6) is 0 Å². The second kappa shape index (κ2) is 5.54. The van der Waals surface area contributed by atoms with Gasteiger partial charge in [-0.25, -0.2) is 8.42 Å². The summed E-state index contributed by atoms with van der Waals surface area (Å²) in [4.78, 5) is 4.31. The summed E-state index contributed by atoms with van der Waals surface area (Å²) < 4.78 is 31.7. The van der Waals surface area contributed by atoms with Crippen LogP contribution in [0.4, 0.5) is 0 Å². The van der Waals surface area contributed by atoms with Crippen molar-refractivity contribution >= 4 is 21.0 Å². The second-order valence-electron chi connectivity index (χ2n) is 5.32. The lowest BCUT2D eigenvalue weighted by Gasteiger charge is -2.27. The molecule has 2 aromatic rings. The van der Waals surface area contributed by atoms with Crippen LogP contribution < -0.4 is 0 Å². The van der Waals surface area contributed by atoms with E-state index >= 15 is 0 Å². The van der Waals surface area contributed by atoms with Crippen molar-refractivity contribution in [2.75, 3.05) is 0 Å². The predicted octanol–water partition coefficient (Wildman–Crippen LogP) is 2.78. The van der Waals surface area contributed by atoms with Gasteiger partial charge in [-0.1, -0.05) is 0 Å². The molecule has 0 aliphatic rings. The minimum atomic E-state index is -3.33. The highest BCUT2D eigenvalue weighted by Crippen LogP contribution is 2.22. The number of pyridine rings is 1. The summed E-state index contributed by atoms with van der Waals surface area (Å²) in [6.07, 6.45) is 3.23. The van der Waals surface area contributed by atoms with E-state index in [1.165, 1.54) is 4.31 Å². The normalized spacial score (nSPS) is 12.9. The van der Waals surface area contributed by atoms with Crippen molar-refractivity contribution in [1.82, 2.24) is 9.29 Å². The maximum Gasteiger partial charge on any atom is 0.217 e. The number of hydrogen-bond acceptors (Lipinski definition) is 4. The van der Waals surface area contributed by atoms with Gasteiger partial charge in [-0.15, -0.1) is 0 Å². The van der Waals surface area contributed by atoms with E-state index in [0.29, 0.717) is 5.69 Å².